The number of aromatic nitrogens is 2. The Hall–Kier alpha value is -2.50. The van der Waals surface area contributed by atoms with Crippen LogP contribution in [0.3, 0.4) is 0 Å². The van der Waals surface area contributed by atoms with E-state index in [2.05, 4.69) is 28.3 Å². The number of carbonyl (C=O) groups excluding carboxylic acids is 1. The number of nitrogens with zero attached hydrogens (tertiary/aromatic N) is 2. The molecule has 5 rings (SSSR count). The third kappa shape index (κ3) is 1.75. The van der Waals surface area contributed by atoms with Gasteiger partial charge in [-0.3, -0.25) is 4.90 Å². The molecule has 2 amide bonds. The van der Waals surface area contributed by atoms with Gasteiger partial charge < -0.3 is 15.0 Å². The average molecular weight is 310 g/mol. The number of imidazole rings is 1. The molecule has 118 valence electrons. The molecule has 2 aliphatic heterocycles. The van der Waals surface area contributed by atoms with Gasteiger partial charge in [-0.05, 0) is 25.8 Å². The minimum absolute atomic E-state index is 0.0375. The van der Waals surface area contributed by atoms with Crippen molar-refractivity contribution in [2.75, 3.05) is 0 Å². The van der Waals surface area contributed by atoms with Gasteiger partial charge in [0.2, 0.25) is 5.72 Å². The second-order valence-electron chi connectivity index (χ2n) is 6.70. The highest BCUT2D eigenvalue weighted by molar-refractivity contribution is 5.78. The summed E-state index contributed by atoms with van der Waals surface area (Å²) in [5.74, 6) is 0.840. The van der Waals surface area contributed by atoms with E-state index >= 15 is 0 Å². The van der Waals surface area contributed by atoms with Crippen molar-refractivity contribution in [3.63, 3.8) is 0 Å². The van der Waals surface area contributed by atoms with Gasteiger partial charge >= 0.3 is 6.03 Å². The number of nitrogens with one attached hydrogen (secondary N) is 2. The van der Waals surface area contributed by atoms with Gasteiger partial charge in [-0.1, -0.05) is 17.7 Å². The van der Waals surface area contributed by atoms with Crippen molar-refractivity contribution in [1.29, 1.82) is 0 Å². The molecule has 0 spiro atoms. The zero-order valence-corrected chi connectivity index (χ0v) is 12.9. The summed E-state index contributed by atoms with van der Waals surface area (Å²) in [5.41, 5.74) is 2.28. The topological polar surface area (TPSA) is 70.2 Å². The zero-order chi connectivity index (χ0) is 15.6. The van der Waals surface area contributed by atoms with Crippen LogP contribution in [-0.4, -0.2) is 26.9 Å². The van der Waals surface area contributed by atoms with Gasteiger partial charge in [-0.25, -0.2) is 9.78 Å². The third-order valence-corrected chi connectivity index (χ3v) is 5.04. The predicted molar refractivity (Wildman–Crippen MR) is 82.8 cm³/mol. The highest BCUT2D eigenvalue weighted by atomic mass is 16.5. The maximum Gasteiger partial charge on any atom is 0.321 e. The second-order valence-corrected chi connectivity index (χ2v) is 6.70. The van der Waals surface area contributed by atoms with Crippen LogP contribution >= 0.6 is 0 Å². The molecule has 2 N–H and O–H groups in total. The number of benzene rings is 1. The summed E-state index contributed by atoms with van der Waals surface area (Å²) in [6.07, 6.45) is 6.15. The summed E-state index contributed by atoms with van der Waals surface area (Å²) >= 11 is 0. The van der Waals surface area contributed by atoms with Crippen molar-refractivity contribution in [2.45, 2.75) is 44.0 Å². The number of rotatable bonds is 2. The van der Waals surface area contributed by atoms with E-state index in [1.54, 1.807) is 12.5 Å². The molecule has 1 saturated heterocycles. The Kier molecular flexibility index (Phi) is 2.42. The van der Waals surface area contributed by atoms with Gasteiger partial charge in [-0.2, -0.15) is 0 Å². The first-order chi connectivity index (χ1) is 11.2. The second kappa shape index (κ2) is 4.28. The molecule has 2 bridgehead atoms. The molecule has 0 radical (unpaired) electrons. The van der Waals surface area contributed by atoms with Gasteiger partial charge in [0.25, 0.3) is 0 Å². The smallest absolute Gasteiger partial charge is 0.321 e. The van der Waals surface area contributed by atoms with Crippen LogP contribution in [0.25, 0.3) is 0 Å². The minimum Gasteiger partial charge on any atom is -0.461 e. The molecule has 2 fully saturated rings. The minimum atomic E-state index is -0.785. The fourth-order valence-electron chi connectivity index (χ4n) is 3.86. The van der Waals surface area contributed by atoms with Crippen molar-refractivity contribution >= 4 is 6.03 Å². The Balaban J connectivity index is 1.70. The van der Waals surface area contributed by atoms with Crippen LogP contribution in [-0.2, 0) is 5.72 Å². The molecule has 1 aromatic carbocycles. The SMILES string of the molecule is Cc1ccc2c(c1)C1CC(c3cnc[nH]3)(O2)N(C2CC2)C(=O)N1. The van der Waals surface area contributed by atoms with E-state index in [0.717, 1.165) is 29.8 Å². The van der Waals surface area contributed by atoms with Crippen LogP contribution in [0.1, 0.15) is 42.1 Å². The van der Waals surface area contributed by atoms with E-state index in [9.17, 15) is 4.79 Å². The number of hydrogen-bond acceptors (Lipinski definition) is 3. The largest absolute Gasteiger partial charge is 0.461 e. The fraction of sp³-hybridized carbons (Fsp3) is 0.412. The van der Waals surface area contributed by atoms with Crippen LogP contribution in [0.2, 0.25) is 0 Å². The lowest BCUT2D eigenvalue weighted by Gasteiger charge is -2.52. The van der Waals surface area contributed by atoms with Crippen LogP contribution in [0.15, 0.2) is 30.7 Å². The van der Waals surface area contributed by atoms with Crippen LogP contribution in [0.5, 0.6) is 5.75 Å². The molecule has 2 aromatic rings. The number of H-pyrrole nitrogens is 1. The number of ether oxygens (including phenoxy) is 1. The van der Waals surface area contributed by atoms with E-state index < -0.39 is 5.72 Å². The van der Waals surface area contributed by atoms with E-state index in [1.165, 1.54) is 5.56 Å². The zero-order valence-electron chi connectivity index (χ0n) is 12.9. The predicted octanol–water partition coefficient (Wildman–Crippen LogP) is 2.58. The number of carbonyl (C=O) groups is 1. The average Bonchev–Trinajstić information content (AvgIpc) is 3.19. The molecule has 6 heteroatoms. The maximum atomic E-state index is 12.8. The summed E-state index contributed by atoms with van der Waals surface area (Å²) < 4.78 is 6.47. The Bertz CT molecular complexity index is 784. The van der Waals surface area contributed by atoms with Gasteiger partial charge in [0.05, 0.1) is 18.6 Å². The van der Waals surface area contributed by atoms with E-state index in [4.69, 9.17) is 4.74 Å². The lowest BCUT2D eigenvalue weighted by Crippen LogP contribution is -2.65. The number of aromatic amines is 1. The summed E-state index contributed by atoms with van der Waals surface area (Å²) in [7, 11) is 0. The summed E-state index contributed by atoms with van der Waals surface area (Å²) in [5, 5.41) is 3.16. The highest BCUT2D eigenvalue weighted by Gasteiger charge is 2.58. The van der Waals surface area contributed by atoms with Crippen molar-refractivity contribution in [1.82, 2.24) is 20.2 Å². The van der Waals surface area contributed by atoms with Crippen molar-refractivity contribution in [3.05, 3.63) is 47.5 Å². The molecule has 23 heavy (non-hydrogen) atoms. The van der Waals surface area contributed by atoms with E-state index in [0.29, 0.717) is 6.42 Å². The molecule has 1 saturated carbocycles. The number of hydrogen-bond donors (Lipinski definition) is 2. The first-order valence-electron chi connectivity index (χ1n) is 8.06. The monoisotopic (exact) mass is 310 g/mol. The molecular weight excluding hydrogens is 292 g/mol. The lowest BCUT2D eigenvalue weighted by atomic mass is 9.87. The Labute approximate surface area is 133 Å². The van der Waals surface area contributed by atoms with Crippen molar-refractivity contribution in [2.24, 2.45) is 0 Å². The van der Waals surface area contributed by atoms with Crippen molar-refractivity contribution < 1.29 is 9.53 Å². The number of aryl methyl sites for hydroxylation is 1. The summed E-state index contributed by atoms with van der Waals surface area (Å²) in [6.45, 7) is 2.05. The Morgan fingerprint density at radius 3 is 3.00 bits per heavy atom. The van der Waals surface area contributed by atoms with E-state index in [1.807, 2.05) is 17.0 Å². The highest BCUT2D eigenvalue weighted by Crippen LogP contribution is 2.51. The summed E-state index contributed by atoms with van der Waals surface area (Å²) in [4.78, 5) is 22.0. The van der Waals surface area contributed by atoms with Crippen LogP contribution in [0.4, 0.5) is 4.79 Å². The van der Waals surface area contributed by atoms with Gasteiger partial charge in [-0.15, -0.1) is 0 Å². The molecule has 3 aliphatic rings. The van der Waals surface area contributed by atoms with Crippen LogP contribution in [0, 0.1) is 6.92 Å². The van der Waals surface area contributed by atoms with Gasteiger partial charge in [0, 0.05) is 18.0 Å². The van der Waals surface area contributed by atoms with Crippen LogP contribution < -0.4 is 10.1 Å². The molecule has 3 heterocycles. The van der Waals surface area contributed by atoms with E-state index in [-0.39, 0.29) is 18.1 Å². The standard InChI is InChI=1S/C17H18N4O2/c1-10-2-5-14-12(6-10)13-7-17(23-14,15-8-18-9-19-15)21(11-3-4-11)16(22)20-13/h2,5-6,8-9,11,13H,3-4,7H2,1H3,(H,18,19)(H,20,22). The molecule has 6 nitrogen and oxygen atoms in total. The first-order valence-corrected chi connectivity index (χ1v) is 8.06. The fourth-order valence-corrected chi connectivity index (χ4v) is 3.86. The molecule has 1 aliphatic carbocycles. The lowest BCUT2D eigenvalue weighted by molar-refractivity contribution is -0.112. The van der Waals surface area contributed by atoms with Gasteiger partial charge in [0.15, 0.2) is 0 Å². The molecule has 2 unspecified atom stereocenters. The molecule has 1 aromatic heterocycles. The quantitative estimate of drug-likeness (QED) is 0.895. The molecular formula is C17H18N4O2. The van der Waals surface area contributed by atoms with Crippen molar-refractivity contribution in [3.8, 4) is 5.75 Å². The first kappa shape index (κ1) is 13.0. The van der Waals surface area contributed by atoms with Gasteiger partial charge in [0.1, 0.15) is 11.4 Å². The molecule has 2 atom stereocenters. The Morgan fingerprint density at radius 2 is 2.26 bits per heavy atom. The summed E-state index contributed by atoms with van der Waals surface area (Å²) in [6, 6.07) is 6.30. The normalized spacial score (nSPS) is 28.8. The maximum absolute atomic E-state index is 12.8. The Morgan fingerprint density at radius 1 is 1.39 bits per heavy atom. The number of urea groups is 1. The third-order valence-electron chi connectivity index (χ3n) is 5.04. The number of amides is 2. The number of fused-ring (bicyclic) bond motifs is 4.